The predicted octanol–water partition coefficient (Wildman–Crippen LogP) is 1.87. The molecule has 0 aliphatic carbocycles. The Labute approximate surface area is 174 Å². The van der Waals surface area contributed by atoms with Crippen molar-refractivity contribution < 1.29 is 28.5 Å². The van der Waals surface area contributed by atoms with Gasteiger partial charge < -0.3 is 29.6 Å². The minimum absolute atomic E-state index is 0.175. The molecule has 1 unspecified atom stereocenters. The summed E-state index contributed by atoms with van der Waals surface area (Å²) in [5, 5.41) is 0. The van der Waals surface area contributed by atoms with Gasteiger partial charge in [0.05, 0.1) is 13.7 Å². The molecule has 2 aromatic rings. The molecule has 0 bridgehead atoms. The Bertz CT molecular complexity index is 943. The first-order valence-corrected chi connectivity index (χ1v) is 9.37. The van der Waals surface area contributed by atoms with Crippen LogP contribution in [0.15, 0.2) is 48.5 Å². The SMILES string of the molecule is COc1cc(/C=C/C(=O)N(C)CC2COc3ccccc3O2)ccc1OCC(N)=O. The maximum Gasteiger partial charge on any atom is 0.255 e. The molecular weight excluding hydrogens is 388 g/mol. The highest BCUT2D eigenvalue weighted by Gasteiger charge is 2.23. The Morgan fingerprint density at radius 3 is 2.70 bits per heavy atom. The molecule has 1 aliphatic rings. The molecule has 1 atom stereocenters. The van der Waals surface area contributed by atoms with Crippen LogP contribution in [0.3, 0.4) is 0 Å². The maximum absolute atomic E-state index is 12.5. The molecule has 0 aromatic heterocycles. The number of amides is 2. The molecule has 2 amide bonds. The van der Waals surface area contributed by atoms with E-state index in [4.69, 9.17) is 24.7 Å². The smallest absolute Gasteiger partial charge is 0.255 e. The fourth-order valence-electron chi connectivity index (χ4n) is 2.90. The lowest BCUT2D eigenvalue weighted by Gasteiger charge is -2.29. The van der Waals surface area contributed by atoms with Gasteiger partial charge in [-0.1, -0.05) is 18.2 Å². The summed E-state index contributed by atoms with van der Waals surface area (Å²) in [6.07, 6.45) is 2.90. The molecule has 8 nitrogen and oxygen atoms in total. The Hall–Kier alpha value is -3.68. The third-order valence-corrected chi connectivity index (χ3v) is 4.40. The number of rotatable bonds is 8. The number of hydrogen-bond donors (Lipinski definition) is 1. The van der Waals surface area contributed by atoms with Crippen molar-refractivity contribution in [2.24, 2.45) is 5.73 Å². The highest BCUT2D eigenvalue weighted by atomic mass is 16.6. The van der Waals surface area contributed by atoms with E-state index in [9.17, 15) is 9.59 Å². The number of likely N-dealkylation sites (N-methyl/N-ethyl adjacent to an activating group) is 1. The average molecular weight is 412 g/mol. The summed E-state index contributed by atoms with van der Waals surface area (Å²) in [5.74, 6) is 1.46. The van der Waals surface area contributed by atoms with Crippen LogP contribution in [0.2, 0.25) is 0 Å². The number of hydrogen-bond acceptors (Lipinski definition) is 6. The van der Waals surface area contributed by atoms with Crippen LogP contribution in [-0.2, 0) is 9.59 Å². The zero-order valence-corrected chi connectivity index (χ0v) is 16.9. The van der Waals surface area contributed by atoms with Gasteiger partial charge in [0.25, 0.3) is 5.91 Å². The Balaban J connectivity index is 1.57. The second kappa shape index (κ2) is 9.69. The van der Waals surface area contributed by atoms with Crippen molar-refractivity contribution in [3.05, 3.63) is 54.1 Å². The lowest BCUT2D eigenvalue weighted by Crippen LogP contribution is -2.41. The first-order chi connectivity index (χ1) is 14.5. The molecule has 0 radical (unpaired) electrons. The maximum atomic E-state index is 12.5. The van der Waals surface area contributed by atoms with E-state index in [0.29, 0.717) is 36.1 Å². The fraction of sp³-hybridized carbons (Fsp3) is 0.273. The number of ether oxygens (including phenoxy) is 4. The summed E-state index contributed by atoms with van der Waals surface area (Å²) in [6, 6.07) is 12.6. The summed E-state index contributed by atoms with van der Waals surface area (Å²) in [4.78, 5) is 24.9. The number of primary amides is 1. The molecule has 8 heteroatoms. The number of carbonyl (C=O) groups excluding carboxylic acids is 2. The van der Waals surface area contributed by atoms with Crippen LogP contribution in [0.5, 0.6) is 23.0 Å². The van der Waals surface area contributed by atoms with E-state index in [1.165, 1.54) is 13.2 Å². The van der Waals surface area contributed by atoms with Gasteiger partial charge in [-0.05, 0) is 35.9 Å². The van der Waals surface area contributed by atoms with Crippen molar-refractivity contribution >= 4 is 17.9 Å². The minimum atomic E-state index is -0.578. The topological polar surface area (TPSA) is 100 Å². The number of fused-ring (bicyclic) bond motifs is 1. The van der Waals surface area contributed by atoms with Crippen molar-refractivity contribution in [1.29, 1.82) is 0 Å². The molecule has 0 saturated carbocycles. The molecular formula is C22H24N2O6. The molecule has 1 aliphatic heterocycles. The highest BCUT2D eigenvalue weighted by Crippen LogP contribution is 2.31. The molecule has 0 fully saturated rings. The van der Waals surface area contributed by atoms with Gasteiger partial charge in [-0.3, -0.25) is 9.59 Å². The van der Waals surface area contributed by atoms with Gasteiger partial charge in [0.2, 0.25) is 5.91 Å². The average Bonchev–Trinajstić information content (AvgIpc) is 2.76. The zero-order chi connectivity index (χ0) is 21.5. The van der Waals surface area contributed by atoms with Crippen LogP contribution >= 0.6 is 0 Å². The number of nitrogens with two attached hydrogens (primary N) is 1. The molecule has 2 N–H and O–H groups in total. The van der Waals surface area contributed by atoms with Crippen LogP contribution in [-0.4, -0.2) is 56.7 Å². The first kappa shape index (κ1) is 21.0. The third-order valence-electron chi connectivity index (χ3n) is 4.40. The molecule has 30 heavy (non-hydrogen) atoms. The molecule has 0 spiro atoms. The van der Waals surface area contributed by atoms with Gasteiger partial charge in [0.1, 0.15) is 6.61 Å². The van der Waals surface area contributed by atoms with Gasteiger partial charge in [0, 0.05) is 13.1 Å². The van der Waals surface area contributed by atoms with Crippen molar-refractivity contribution in [2.75, 3.05) is 33.9 Å². The van der Waals surface area contributed by atoms with E-state index >= 15 is 0 Å². The van der Waals surface area contributed by atoms with Crippen molar-refractivity contribution in [2.45, 2.75) is 6.10 Å². The third kappa shape index (κ3) is 5.44. The summed E-state index contributed by atoms with van der Waals surface area (Å²) in [6.45, 7) is 0.523. The van der Waals surface area contributed by atoms with Crippen molar-refractivity contribution in [3.8, 4) is 23.0 Å². The number of nitrogens with zero attached hydrogens (tertiary/aromatic N) is 1. The number of para-hydroxylation sites is 2. The van der Waals surface area contributed by atoms with Gasteiger partial charge in [-0.2, -0.15) is 0 Å². The van der Waals surface area contributed by atoms with Crippen LogP contribution in [0.25, 0.3) is 6.08 Å². The molecule has 158 valence electrons. The van der Waals surface area contributed by atoms with Gasteiger partial charge in [-0.15, -0.1) is 0 Å². The van der Waals surface area contributed by atoms with Crippen LogP contribution in [0.1, 0.15) is 5.56 Å². The van der Waals surface area contributed by atoms with Gasteiger partial charge >= 0.3 is 0 Å². The number of carbonyl (C=O) groups is 2. The second-order valence-corrected chi connectivity index (χ2v) is 6.71. The van der Waals surface area contributed by atoms with E-state index in [1.54, 1.807) is 36.2 Å². The van der Waals surface area contributed by atoms with Crippen LogP contribution < -0.4 is 24.7 Å². The van der Waals surface area contributed by atoms with E-state index < -0.39 is 5.91 Å². The summed E-state index contributed by atoms with van der Waals surface area (Å²) >= 11 is 0. The number of benzene rings is 2. The fourth-order valence-corrected chi connectivity index (χ4v) is 2.90. The molecule has 2 aromatic carbocycles. The first-order valence-electron chi connectivity index (χ1n) is 9.37. The van der Waals surface area contributed by atoms with E-state index in [2.05, 4.69) is 0 Å². The predicted molar refractivity (Wildman–Crippen MR) is 111 cm³/mol. The van der Waals surface area contributed by atoms with E-state index in [-0.39, 0.29) is 18.6 Å². The van der Waals surface area contributed by atoms with E-state index in [1.807, 2.05) is 24.3 Å². The Kier molecular flexibility index (Phi) is 6.79. The second-order valence-electron chi connectivity index (χ2n) is 6.71. The summed E-state index contributed by atoms with van der Waals surface area (Å²) < 4.78 is 22.1. The van der Waals surface area contributed by atoms with Gasteiger partial charge in [0.15, 0.2) is 35.7 Å². The lowest BCUT2D eigenvalue weighted by atomic mass is 10.2. The van der Waals surface area contributed by atoms with Gasteiger partial charge in [-0.25, -0.2) is 0 Å². The standard InChI is InChI=1S/C22H24N2O6/c1-24(12-16-13-28-17-5-3-4-6-19(17)30-16)22(26)10-8-15-7-9-18(20(11-15)27-2)29-14-21(23)25/h3-11,16H,12-14H2,1-2H3,(H2,23,25)/b10-8+. The normalized spacial score (nSPS) is 14.9. The van der Waals surface area contributed by atoms with Crippen LogP contribution in [0, 0.1) is 0 Å². The molecule has 3 rings (SSSR count). The Morgan fingerprint density at radius 1 is 1.20 bits per heavy atom. The highest BCUT2D eigenvalue weighted by molar-refractivity contribution is 5.91. The van der Waals surface area contributed by atoms with Crippen molar-refractivity contribution in [1.82, 2.24) is 4.90 Å². The monoisotopic (exact) mass is 412 g/mol. The zero-order valence-electron chi connectivity index (χ0n) is 16.9. The molecule has 1 heterocycles. The number of methoxy groups -OCH3 is 1. The summed E-state index contributed by atoms with van der Waals surface area (Å²) in [7, 11) is 3.20. The quantitative estimate of drug-likeness (QED) is 0.665. The Morgan fingerprint density at radius 2 is 1.97 bits per heavy atom. The minimum Gasteiger partial charge on any atom is -0.493 e. The van der Waals surface area contributed by atoms with E-state index in [0.717, 1.165) is 5.56 Å². The lowest BCUT2D eigenvalue weighted by molar-refractivity contribution is -0.126. The van der Waals surface area contributed by atoms with Crippen LogP contribution in [0.4, 0.5) is 0 Å². The summed E-state index contributed by atoms with van der Waals surface area (Å²) in [5.41, 5.74) is 5.83. The molecule has 0 saturated heterocycles. The largest absolute Gasteiger partial charge is 0.493 e. The van der Waals surface area contributed by atoms with Crippen molar-refractivity contribution in [3.63, 3.8) is 0 Å².